The fourth-order valence-corrected chi connectivity index (χ4v) is 9.67. The number of esters is 3. The van der Waals surface area contributed by atoms with Crippen LogP contribution in [0.3, 0.4) is 0 Å². The number of rotatable bonds is 62. The zero-order valence-corrected chi connectivity index (χ0v) is 52.8. The average Bonchev–Trinajstić information content (AvgIpc) is 3.46. The molecule has 0 spiro atoms. The molecule has 0 aromatic rings. The van der Waals surface area contributed by atoms with Crippen LogP contribution in [-0.4, -0.2) is 37.2 Å². The fraction of sp³-hybridized carbons (Fsp3) is 0.743. The van der Waals surface area contributed by atoms with Crippen LogP contribution in [0.25, 0.3) is 0 Å². The lowest BCUT2D eigenvalue weighted by molar-refractivity contribution is -0.167. The molecule has 0 N–H and O–H groups in total. The molecule has 0 amide bonds. The molecule has 0 rings (SSSR count). The summed E-state index contributed by atoms with van der Waals surface area (Å²) < 4.78 is 16.9. The van der Waals surface area contributed by atoms with Crippen LogP contribution in [0.1, 0.15) is 335 Å². The minimum absolute atomic E-state index is 0.0805. The molecule has 0 fully saturated rings. The van der Waals surface area contributed by atoms with Crippen molar-refractivity contribution in [1.29, 1.82) is 0 Å². The van der Waals surface area contributed by atoms with Crippen molar-refractivity contribution in [2.45, 2.75) is 341 Å². The maximum atomic E-state index is 12.9. The minimum atomic E-state index is -0.784. The highest BCUT2D eigenvalue weighted by atomic mass is 16.6. The van der Waals surface area contributed by atoms with Gasteiger partial charge in [0.2, 0.25) is 0 Å². The van der Waals surface area contributed by atoms with Gasteiger partial charge in [0.1, 0.15) is 13.2 Å². The summed E-state index contributed by atoms with van der Waals surface area (Å²) in [5, 5.41) is 0. The van der Waals surface area contributed by atoms with Gasteiger partial charge >= 0.3 is 17.9 Å². The van der Waals surface area contributed by atoms with E-state index in [1.807, 2.05) is 0 Å². The summed E-state index contributed by atoms with van der Waals surface area (Å²) in [4.78, 5) is 38.4. The molecule has 6 nitrogen and oxygen atoms in total. The Morgan fingerprint density at radius 1 is 0.263 bits per heavy atom. The lowest BCUT2D eigenvalue weighted by Gasteiger charge is -2.18. The van der Waals surface area contributed by atoms with Crippen LogP contribution in [0, 0.1) is 0 Å². The zero-order chi connectivity index (χ0) is 57.8. The molecule has 0 radical (unpaired) electrons. The Morgan fingerprint density at radius 3 is 0.775 bits per heavy atom. The van der Waals surface area contributed by atoms with E-state index in [1.165, 1.54) is 193 Å². The van der Waals surface area contributed by atoms with Crippen LogP contribution < -0.4 is 0 Å². The summed E-state index contributed by atoms with van der Waals surface area (Å²) in [5.41, 5.74) is 0. The van der Waals surface area contributed by atoms with Crippen molar-refractivity contribution in [3.05, 3.63) is 97.2 Å². The summed E-state index contributed by atoms with van der Waals surface area (Å²) in [7, 11) is 0. The highest BCUT2D eigenvalue weighted by Gasteiger charge is 2.19. The highest BCUT2D eigenvalue weighted by molar-refractivity contribution is 5.71. The van der Waals surface area contributed by atoms with Gasteiger partial charge in [0.05, 0.1) is 0 Å². The van der Waals surface area contributed by atoms with Gasteiger partial charge in [-0.05, 0) is 122 Å². The van der Waals surface area contributed by atoms with E-state index in [0.717, 1.165) is 103 Å². The lowest BCUT2D eigenvalue weighted by Crippen LogP contribution is -2.30. The summed E-state index contributed by atoms with van der Waals surface area (Å²) >= 11 is 0. The quantitative estimate of drug-likeness (QED) is 0.0261. The molecule has 1 unspecified atom stereocenters. The smallest absolute Gasteiger partial charge is 0.306 e. The molecule has 460 valence electrons. The maximum Gasteiger partial charge on any atom is 0.306 e. The number of hydrogen-bond acceptors (Lipinski definition) is 6. The normalized spacial score (nSPS) is 12.7. The Kier molecular flexibility index (Phi) is 64.7. The van der Waals surface area contributed by atoms with E-state index >= 15 is 0 Å². The van der Waals surface area contributed by atoms with Gasteiger partial charge in [0, 0.05) is 19.3 Å². The molecule has 0 aromatic carbocycles. The lowest BCUT2D eigenvalue weighted by atomic mass is 10.0. The summed E-state index contributed by atoms with van der Waals surface area (Å²) in [6.07, 6.45) is 91.4. The van der Waals surface area contributed by atoms with E-state index in [4.69, 9.17) is 14.2 Å². The number of carbonyl (C=O) groups is 3. The van der Waals surface area contributed by atoms with Gasteiger partial charge in [0.25, 0.3) is 0 Å². The summed E-state index contributed by atoms with van der Waals surface area (Å²) in [5.74, 6) is -0.881. The van der Waals surface area contributed by atoms with E-state index in [9.17, 15) is 14.4 Å². The first-order chi connectivity index (χ1) is 39.5. The van der Waals surface area contributed by atoms with E-state index in [-0.39, 0.29) is 31.1 Å². The standard InChI is InChI=1S/C74H128O6/c1-4-7-10-13-16-19-22-25-28-30-31-32-33-34-35-36-37-38-39-40-41-42-43-45-46-49-52-55-58-61-64-67-73(76)79-70-71(69-78-72(75)66-63-60-57-54-51-48-27-24-21-18-15-12-9-6-3)80-74(77)68-65-62-59-56-53-50-47-44-29-26-23-20-17-14-11-8-5-2/h7,10,16,19,24-29,31-32,34-35,37-38,71H,4-6,8-9,11-15,17-18,20-23,30,33,36,39-70H2,1-3H3/b10-7-,19-16-,27-24-,28-25-,29-26-,32-31-,35-34-,38-37-. The molecule has 0 bridgehead atoms. The number of unbranched alkanes of at least 4 members (excludes halogenated alkanes) is 35. The Labute approximate surface area is 496 Å². The first kappa shape index (κ1) is 76.3. The van der Waals surface area contributed by atoms with Crippen molar-refractivity contribution in [1.82, 2.24) is 0 Å². The first-order valence-corrected chi connectivity index (χ1v) is 34.2. The van der Waals surface area contributed by atoms with E-state index in [0.29, 0.717) is 19.3 Å². The van der Waals surface area contributed by atoms with Gasteiger partial charge in [-0.3, -0.25) is 14.4 Å². The number of carbonyl (C=O) groups excluding carboxylic acids is 3. The van der Waals surface area contributed by atoms with E-state index in [2.05, 4.69) is 118 Å². The predicted octanol–water partition coefficient (Wildman–Crippen LogP) is 23.6. The molecule has 0 aromatic heterocycles. The molecule has 0 heterocycles. The SMILES string of the molecule is CC/C=C\C/C=C\C/C=C\C/C=C\C/C=C\C/C=C\CCCCCCCCCCCCCCC(=O)OCC(COC(=O)CCCCCCC/C=C\CCCCCCC)OC(=O)CCCCCCCCC/C=C\CCCCCCCC. The largest absolute Gasteiger partial charge is 0.462 e. The van der Waals surface area contributed by atoms with Crippen LogP contribution in [0.15, 0.2) is 97.2 Å². The molecule has 80 heavy (non-hydrogen) atoms. The molecule has 0 saturated heterocycles. The Hall–Kier alpha value is -3.67. The van der Waals surface area contributed by atoms with E-state index in [1.54, 1.807) is 0 Å². The van der Waals surface area contributed by atoms with Crippen molar-refractivity contribution in [3.8, 4) is 0 Å². The Bertz CT molecular complexity index is 1560. The van der Waals surface area contributed by atoms with Crippen molar-refractivity contribution >= 4 is 17.9 Å². The van der Waals surface area contributed by atoms with Crippen LogP contribution in [0.5, 0.6) is 0 Å². The van der Waals surface area contributed by atoms with Crippen molar-refractivity contribution in [2.75, 3.05) is 13.2 Å². The Morgan fingerprint density at radius 2 is 0.487 bits per heavy atom. The molecule has 0 saturated carbocycles. The molecule has 0 aliphatic carbocycles. The third kappa shape index (κ3) is 65.1. The van der Waals surface area contributed by atoms with Crippen LogP contribution >= 0.6 is 0 Å². The third-order valence-electron chi connectivity index (χ3n) is 14.8. The van der Waals surface area contributed by atoms with Crippen LogP contribution in [-0.2, 0) is 28.6 Å². The van der Waals surface area contributed by atoms with Crippen LogP contribution in [0.4, 0.5) is 0 Å². The topological polar surface area (TPSA) is 78.9 Å². The molecule has 6 heteroatoms. The van der Waals surface area contributed by atoms with Crippen molar-refractivity contribution in [3.63, 3.8) is 0 Å². The van der Waals surface area contributed by atoms with Gasteiger partial charge in [0.15, 0.2) is 6.10 Å². The number of hydrogen-bond donors (Lipinski definition) is 0. The second-order valence-electron chi connectivity index (χ2n) is 22.7. The van der Waals surface area contributed by atoms with Gasteiger partial charge in [-0.15, -0.1) is 0 Å². The second-order valence-corrected chi connectivity index (χ2v) is 22.7. The van der Waals surface area contributed by atoms with Crippen molar-refractivity contribution < 1.29 is 28.6 Å². The third-order valence-corrected chi connectivity index (χ3v) is 14.8. The van der Waals surface area contributed by atoms with Gasteiger partial charge in [-0.2, -0.15) is 0 Å². The minimum Gasteiger partial charge on any atom is -0.462 e. The summed E-state index contributed by atoms with van der Waals surface area (Å²) in [6, 6.07) is 0. The van der Waals surface area contributed by atoms with Gasteiger partial charge in [-0.1, -0.05) is 291 Å². The molecular weight excluding hydrogens is 985 g/mol. The monoisotopic (exact) mass is 1110 g/mol. The van der Waals surface area contributed by atoms with E-state index < -0.39 is 6.10 Å². The zero-order valence-electron chi connectivity index (χ0n) is 52.8. The second kappa shape index (κ2) is 67.8. The molecular formula is C74H128O6. The fourth-order valence-electron chi connectivity index (χ4n) is 9.67. The van der Waals surface area contributed by atoms with Gasteiger partial charge < -0.3 is 14.2 Å². The first-order valence-electron chi connectivity index (χ1n) is 34.2. The number of ether oxygens (including phenoxy) is 3. The maximum absolute atomic E-state index is 12.9. The summed E-state index contributed by atoms with van der Waals surface area (Å²) in [6.45, 7) is 6.53. The molecule has 0 aliphatic heterocycles. The van der Waals surface area contributed by atoms with Gasteiger partial charge in [-0.25, -0.2) is 0 Å². The van der Waals surface area contributed by atoms with Crippen LogP contribution in [0.2, 0.25) is 0 Å². The highest BCUT2D eigenvalue weighted by Crippen LogP contribution is 2.16. The predicted molar refractivity (Wildman–Crippen MR) is 348 cm³/mol. The van der Waals surface area contributed by atoms with Crippen molar-refractivity contribution in [2.24, 2.45) is 0 Å². The molecule has 0 aliphatic rings. The Balaban J connectivity index is 4.26. The average molecular weight is 1110 g/mol. The molecule has 1 atom stereocenters. The number of allylic oxidation sites excluding steroid dienone is 16.